The standard InChI is InChI=1S/C14H14N2O5S2/c1-22(18,19)13-5-3-2-4-12(13)14(17)16-10-6-8-11(9-7-10)23(15,20)21/h2-9H,1H3,(H,16,17)(H2,15,20,21). The van der Waals surface area contributed by atoms with Gasteiger partial charge in [0.2, 0.25) is 10.0 Å². The molecule has 0 aliphatic carbocycles. The normalized spacial score (nSPS) is 11.9. The Morgan fingerprint density at radius 2 is 1.52 bits per heavy atom. The highest BCUT2D eigenvalue weighted by Crippen LogP contribution is 2.18. The van der Waals surface area contributed by atoms with E-state index in [1.165, 1.54) is 42.5 Å². The van der Waals surface area contributed by atoms with E-state index in [0.29, 0.717) is 5.69 Å². The summed E-state index contributed by atoms with van der Waals surface area (Å²) in [7, 11) is -7.37. The number of hydrogen-bond donors (Lipinski definition) is 2. The van der Waals surface area contributed by atoms with Gasteiger partial charge in [0.15, 0.2) is 9.84 Å². The zero-order valence-electron chi connectivity index (χ0n) is 12.1. The SMILES string of the molecule is CS(=O)(=O)c1ccccc1C(=O)Nc1ccc(S(N)(=O)=O)cc1. The molecule has 0 heterocycles. The number of benzene rings is 2. The smallest absolute Gasteiger partial charge is 0.256 e. The first-order chi connectivity index (χ1) is 10.6. The highest BCUT2D eigenvalue weighted by molar-refractivity contribution is 7.90. The minimum atomic E-state index is -3.82. The zero-order valence-corrected chi connectivity index (χ0v) is 13.7. The molecule has 23 heavy (non-hydrogen) atoms. The van der Waals surface area contributed by atoms with Crippen LogP contribution in [0.2, 0.25) is 0 Å². The molecule has 3 N–H and O–H groups in total. The Balaban J connectivity index is 2.31. The van der Waals surface area contributed by atoms with E-state index in [2.05, 4.69) is 5.32 Å². The number of sulfone groups is 1. The van der Waals surface area contributed by atoms with Crippen LogP contribution in [0.3, 0.4) is 0 Å². The first-order valence-corrected chi connectivity index (χ1v) is 9.76. The lowest BCUT2D eigenvalue weighted by Gasteiger charge is -2.09. The van der Waals surface area contributed by atoms with E-state index in [1.807, 2.05) is 0 Å². The zero-order chi connectivity index (χ0) is 17.3. The quantitative estimate of drug-likeness (QED) is 0.847. The number of sulfonamides is 1. The molecule has 0 aliphatic rings. The lowest BCUT2D eigenvalue weighted by atomic mass is 10.2. The van der Waals surface area contributed by atoms with Crippen LogP contribution in [-0.2, 0) is 19.9 Å². The summed E-state index contributed by atoms with van der Waals surface area (Å²) in [6.07, 6.45) is 1.01. The second-order valence-electron chi connectivity index (χ2n) is 4.79. The van der Waals surface area contributed by atoms with Gasteiger partial charge in [0, 0.05) is 11.9 Å². The van der Waals surface area contributed by atoms with Gasteiger partial charge in [0.25, 0.3) is 5.91 Å². The van der Waals surface area contributed by atoms with E-state index in [-0.39, 0.29) is 15.4 Å². The van der Waals surface area contributed by atoms with E-state index in [0.717, 1.165) is 6.26 Å². The summed E-state index contributed by atoms with van der Waals surface area (Å²) in [4.78, 5) is 12.1. The van der Waals surface area contributed by atoms with Crippen molar-refractivity contribution in [2.24, 2.45) is 5.14 Å². The molecule has 9 heteroatoms. The van der Waals surface area contributed by atoms with Crippen LogP contribution in [0.4, 0.5) is 5.69 Å². The lowest BCUT2D eigenvalue weighted by Crippen LogP contribution is -2.16. The van der Waals surface area contributed by atoms with Gasteiger partial charge in [0.1, 0.15) is 0 Å². The number of nitrogens with one attached hydrogen (secondary N) is 1. The summed E-state index contributed by atoms with van der Waals surface area (Å²) >= 11 is 0. The third-order valence-corrected chi connectivity index (χ3v) is 5.06. The van der Waals surface area contributed by atoms with Crippen molar-refractivity contribution < 1.29 is 21.6 Å². The molecule has 0 saturated heterocycles. The number of rotatable bonds is 4. The Morgan fingerprint density at radius 1 is 0.957 bits per heavy atom. The van der Waals surface area contributed by atoms with Crippen molar-refractivity contribution in [1.82, 2.24) is 0 Å². The molecule has 0 aliphatic heterocycles. The maximum Gasteiger partial charge on any atom is 0.256 e. The van der Waals surface area contributed by atoms with Gasteiger partial charge in [-0.25, -0.2) is 22.0 Å². The largest absolute Gasteiger partial charge is 0.322 e. The predicted octanol–water partition coefficient (Wildman–Crippen LogP) is 0.990. The summed E-state index contributed by atoms with van der Waals surface area (Å²) in [5.74, 6) is -0.616. The third kappa shape index (κ3) is 4.15. The van der Waals surface area contributed by atoms with Crippen molar-refractivity contribution in [3.8, 4) is 0 Å². The molecule has 2 aromatic carbocycles. The summed E-state index contributed by atoms with van der Waals surface area (Å²) in [5.41, 5.74) is 0.316. The molecule has 122 valence electrons. The number of nitrogens with two attached hydrogens (primary N) is 1. The summed E-state index contributed by atoms with van der Waals surface area (Å²) in [6.45, 7) is 0. The molecule has 1 amide bonds. The van der Waals surface area contributed by atoms with Crippen molar-refractivity contribution in [1.29, 1.82) is 0 Å². The monoisotopic (exact) mass is 354 g/mol. The number of carbonyl (C=O) groups excluding carboxylic acids is 1. The average molecular weight is 354 g/mol. The van der Waals surface area contributed by atoms with Crippen LogP contribution in [0, 0.1) is 0 Å². The number of amides is 1. The second-order valence-corrected chi connectivity index (χ2v) is 8.34. The molecule has 7 nitrogen and oxygen atoms in total. The van der Waals surface area contributed by atoms with Gasteiger partial charge < -0.3 is 5.32 Å². The Labute approximate surface area is 134 Å². The van der Waals surface area contributed by atoms with Crippen molar-refractivity contribution in [2.45, 2.75) is 9.79 Å². The van der Waals surface area contributed by atoms with Gasteiger partial charge in [-0.1, -0.05) is 12.1 Å². The fourth-order valence-corrected chi connectivity index (χ4v) is 3.31. The van der Waals surface area contributed by atoms with Crippen LogP contribution in [0.5, 0.6) is 0 Å². The molecule has 0 fully saturated rings. The molecule has 0 aromatic heterocycles. The highest BCUT2D eigenvalue weighted by Gasteiger charge is 2.18. The number of primary sulfonamides is 1. The molecular weight excluding hydrogens is 340 g/mol. The summed E-state index contributed by atoms with van der Waals surface area (Å²) in [6, 6.07) is 11.0. The average Bonchev–Trinajstić information content (AvgIpc) is 2.46. The van der Waals surface area contributed by atoms with E-state index < -0.39 is 25.8 Å². The summed E-state index contributed by atoms with van der Waals surface area (Å²) in [5, 5.41) is 7.50. The highest BCUT2D eigenvalue weighted by atomic mass is 32.2. The van der Waals surface area contributed by atoms with Crippen LogP contribution >= 0.6 is 0 Å². The fourth-order valence-electron chi connectivity index (χ4n) is 1.90. The lowest BCUT2D eigenvalue weighted by molar-refractivity contribution is 0.102. The second kappa shape index (κ2) is 6.11. The fraction of sp³-hybridized carbons (Fsp3) is 0.0714. The van der Waals surface area contributed by atoms with Crippen molar-refractivity contribution >= 4 is 31.5 Å². The van der Waals surface area contributed by atoms with Crippen LogP contribution < -0.4 is 10.5 Å². The Hall–Kier alpha value is -2.23. The van der Waals surface area contributed by atoms with Crippen LogP contribution in [0.25, 0.3) is 0 Å². The van der Waals surface area contributed by atoms with Gasteiger partial charge in [-0.2, -0.15) is 0 Å². The van der Waals surface area contributed by atoms with Crippen molar-refractivity contribution in [2.75, 3.05) is 11.6 Å². The first-order valence-electron chi connectivity index (χ1n) is 6.32. The van der Waals surface area contributed by atoms with Gasteiger partial charge >= 0.3 is 0 Å². The summed E-state index contributed by atoms with van der Waals surface area (Å²) < 4.78 is 45.7. The minimum absolute atomic E-state index is 0.00511. The maximum absolute atomic E-state index is 12.2. The van der Waals surface area contributed by atoms with Crippen molar-refractivity contribution in [3.05, 3.63) is 54.1 Å². The molecular formula is C14H14N2O5S2. The topological polar surface area (TPSA) is 123 Å². The molecule has 0 bridgehead atoms. The molecule has 0 saturated carbocycles. The Morgan fingerprint density at radius 3 is 2.04 bits per heavy atom. The minimum Gasteiger partial charge on any atom is -0.322 e. The Kier molecular flexibility index (Phi) is 4.55. The molecule has 0 unspecified atom stereocenters. The predicted molar refractivity (Wildman–Crippen MR) is 85.3 cm³/mol. The van der Waals surface area contributed by atoms with Gasteiger partial charge in [-0.15, -0.1) is 0 Å². The van der Waals surface area contributed by atoms with Gasteiger partial charge in [0.05, 0.1) is 15.4 Å². The van der Waals surface area contributed by atoms with E-state index in [1.54, 1.807) is 6.07 Å². The van der Waals surface area contributed by atoms with E-state index in [4.69, 9.17) is 5.14 Å². The van der Waals surface area contributed by atoms with E-state index in [9.17, 15) is 21.6 Å². The first kappa shape index (κ1) is 17.1. The van der Waals surface area contributed by atoms with Crippen molar-refractivity contribution in [3.63, 3.8) is 0 Å². The number of anilines is 1. The maximum atomic E-state index is 12.2. The molecule has 0 spiro atoms. The number of carbonyl (C=O) groups is 1. The van der Waals surface area contributed by atoms with E-state index >= 15 is 0 Å². The number of hydrogen-bond acceptors (Lipinski definition) is 5. The Bertz CT molecular complexity index is 949. The van der Waals surface area contributed by atoms with Crippen LogP contribution in [0.15, 0.2) is 58.3 Å². The molecule has 2 rings (SSSR count). The molecule has 2 aromatic rings. The molecule has 0 atom stereocenters. The third-order valence-electron chi connectivity index (χ3n) is 2.97. The van der Waals surface area contributed by atoms with Gasteiger partial charge in [-0.3, -0.25) is 4.79 Å². The molecule has 0 radical (unpaired) electrons. The van der Waals surface area contributed by atoms with Crippen LogP contribution in [0.1, 0.15) is 10.4 Å². The van der Waals surface area contributed by atoms with Gasteiger partial charge in [-0.05, 0) is 36.4 Å². The van der Waals surface area contributed by atoms with Crippen LogP contribution in [-0.4, -0.2) is 29.0 Å².